The summed E-state index contributed by atoms with van der Waals surface area (Å²) in [4.78, 5) is 0. The maximum atomic E-state index is 13.1. The van der Waals surface area contributed by atoms with Crippen molar-refractivity contribution in [3.63, 3.8) is 0 Å². The number of nitrogens with zero attached hydrogens (tertiary/aromatic N) is 4. The van der Waals surface area contributed by atoms with E-state index in [9.17, 15) is 4.39 Å². The molecule has 0 atom stereocenters. The summed E-state index contributed by atoms with van der Waals surface area (Å²) in [6.07, 6.45) is 5.31. The Balaban J connectivity index is 1.73. The van der Waals surface area contributed by atoms with Gasteiger partial charge in [-0.25, -0.2) is 4.39 Å². The minimum atomic E-state index is -0.231. The second-order valence-electron chi connectivity index (χ2n) is 5.61. The Labute approximate surface area is 148 Å². The molecule has 2 heterocycles. The first-order chi connectivity index (χ1) is 12.2. The van der Waals surface area contributed by atoms with E-state index >= 15 is 0 Å². The third kappa shape index (κ3) is 3.14. The van der Waals surface area contributed by atoms with Crippen molar-refractivity contribution < 1.29 is 4.39 Å². The van der Waals surface area contributed by atoms with Crippen LogP contribution < -0.4 is 0 Å². The van der Waals surface area contributed by atoms with Gasteiger partial charge in [0.1, 0.15) is 12.1 Å². The van der Waals surface area contributed by atoms with Gasteiger partial charge in [0.15, 0.2) is 0 Å². The zero-order chi connectivity index (χ0) is 17.2. The topological polar surface area (TPSA) is 50.9 Å². The number of halogens is 1. The minimum Gasteiger partial charge on any atom is -0.342 e. The standard InChI is InChI=1S/C18H14FN5S/c19-15-7-5-13(6-8-15)10-23-11-14(16-3-1-2-4-17(16)23)9-21-24-12-20-22-18(24)25/h1-9,11-12H,10H2,(H,22,25)/b21-9-. The summed E-state index contributed by atoms with van der Waals surface area (Å²) in [5.41, 5.74) is 3.09. The molecule has 0 saturated heterocycles. The normalized spacial score (nSPS) is 11.6. The summed E-state index contributed by atoms with van der Waals surface area (Å²) in [5, 5.41) is 11.9. The van der Waals surface area contributed by atoms with E-state index in [0.29, 0.717) is 11.3 Å². The molecule has 1 N–H and O–H groups in total. The molecule has 0 fully saturated rings. The molecule has 25 heavy (non-hydrogen) atoms. The number of fused-ring (bicyclic) bond motifs is 1. The van der Waals surface area contributed by atoms with Gasteiger partial charge in [0, 0.05) is 29.2 Å². The van der Waals surface area contributed by atoms with Crippen LogP contribution in [0.4, 0.5) is 4.39 Å². The first kappa shape index (κ1) is 15.5. The molecule has 0 aliphatic carbocycles. The molecule has 0 aliphatic rings. The highest BCUT2D eigenvalue weighted by Crippen LogP contribution is 2.21. The number of nitrogens with one attached hydrogen (secondary N) is 1. The average molecular weight is 351 g/mol. The lowest BCUT2D eigenvalue weighted by Gasteiger charge is -2.05. The van der Waals surface area contributed by atoms with Crippen LogP contribution in [0, 0.1) is 10.6 Å². The van der Waals surface area contributed by atoms with Gasteiger partial charge in [-0.05, 0) is 36.0 Å². The second-order valence-corrected chi connectivity index (χ2v) is 5.99. The van der Waals surface area contributed by atoms with Crippen LogP contribution in [0.25, 0.3) is 10.9 Å². The van der Waals surface area contributed by atoms with Crippen molar-refractivity contribution in [3.8, 4) is 0 Å². The second kappa shape index (κ2) is 6.45. The van der Waals surface area contributed by atoms with Gasteiger partial charge in [-0.1, -0.05) is 30.3 Å². The maximum absolute atomic E-state index is 13.1. The molecule has 0 radical (unpaired) electrons. The van der Waals surface area contributed by atoms with Gasteiger partial charge in [0.05, 0.1) is 6.21 Å². The number of benzene rings is 2. The lowest BCUT2D eigenvalue weighted by molar-refractivity contribution is 0.626. The van der Waals surface area contributed by atoms with Crippen molar-refractivity contribution in [1.29, 1.82) is 0 Å². The van der Waals surface area contributed by atoms with E-state index < -0.39 is 0 Å². The highest BCUT2D eigenvalue weighted by Gasteiger charge is 2.07. The molecule has 0 amide bonds. The van der Waals surface area contributed by atoms with Gasteiger partial charge < -0.3 is 4.57 Å². The summed E-state index contributed by atoms with van der Waals surface area (Å²) < 4.78 is 17.2. The monoisotopic (exact) mass is 351 g/mol. The van der Waals surface area contributed by atoms with E-state index in [1.165, 1.54) is 23.1 Å². The van der Waals surface area contributed by atoms with Gasteiger partial charge in [0.25, 0.3) is 0 Å². The Morgan fingerprint density at radius 3 is 2.72 bits per heavy atom. The number of aromatic nitrogens is 4. The minimum absolute atomic E-state index is 0.231. The van der Waals surface area contributed by atoms with E-state index in [2.05, 4.69) is 25.9 Å². The molecule has 7 heteroatoms. The molecule has 0 aliphatic heterocycles. The molecule has 4 rings (SSSR count). The molecular weight excluding hydrogens is 337 g/mol. The third-order valence-electron chi connectivity index (χ3n) is 3.94. The first-order valence-corrected chi connectivity index (χ1v) is 8.10. The van der Waals surface area contributed by atoms with Crippen LogP contribution in [0.1, 0.15) is 11.1 Å². The highest BCUT2D eigenvalue weighted by molar-refractivity contribution is 7.71. The van der Waals surface area contributed by atoms with Crippen molar-refractivity contribution in [1.82, 2.24) is 19.4 Å². The number of hydrogen-bond donors (Lipinski definition) is 1. The molecule has 124 valence electrons. The number of hydrogen-bond acceptors (Lipinski definition) is 3. The van der Waals surface area contributed by atoms with E-state index in [1.54, 1.807) is 18.3 Å². The van der Waals surface area contributed by atoms with Crippen LogP contribution >= 0.6 is 12.2 Å². The lowest BCUT2D eigenvalue weighted by Crippen LogP contribution is -1.97. The Morgan fingerprint density at radius 1 is 1.16 bits per heavy atom. The van der Waals surface area contributed by atoms with Crippen LogP contribution in [0.3, 0.4) is 0 Å². The van der Waals surface area contributed by atoms with E-state index in [1.807, 2.05) is 24.4 Å². The largest absolute Gasteiger partial charge is 0.342 e. The smallest absolute Gasteiger partial charge is 0.216 e. The fourth-order valence-corrected chi connectivity index (χ4v) is 2.89. The molecule has 0 saturated carbocycles. The number of para-hydroxylation sites is 1. The quantitative estimate of drug-likeness (QED) is 0.447. The zero-order valence-electron chi connectivity index (χ0n) is 13.1. The van der Waals surface area contributed by atoms with Crippen LogP contribution in [-0.4, -0.2) is 25.7 Å². The summed E-state index contributed by atoms with van der Waals surface area (Å²) in [5.74, 6) is -0.231. The fourth-order valence-electron chi connectivity index (χ4n) is 2.74. The van der Waals surface area contributed by atoms with Crippen molar-refractivity contribution in [2.24, 2.45) is 5.10 Å². The van der Waals surface area contributed by atoms with E-state index in [0.717, 1.165) is 22.0 Å². The van der Waals surface area contributed by atoms with Crippen molar-refractivity contribution in [2.75, 3.05) is 0 Å². The average Bonchev–Trinajstić information content (AvgIpc) is 3.19. The fraction of sp³-hybridized carbons (Fsp3) is 0.0556. The maximum Gasteiger partial charge on any atom is 0.216 e. The summed E-state index contributed by atoms with van der Waals surface area (Å²) in [7, 11) is 0. The molecule has 4 aromatic rings. The Bertz CT molecular complexity index is 1100. The Hall–Kier alpha value is -3.06. The van der Waals surface area contributed by atoms with Gasteiger partial charge >= 0.3 is 0 Å². The van der Waals surface area contributed by atoms with Crippen molar-refractivity contribution >= 4 is 29.3 Å². The third-order valence-corrected chi connectivity index (χ3v) is 4.22. The number of rotatable bonds is 4. The Morgan fingerprint density at radius 2 is 1.96 bits per heavy atom. The van der Waals surface area contributed by atoms with Crippen LogP contribution in [-0.2, 0) is 6.54 Å². The Kier molecular flexibility index (Phi) is 3.99. The lowest BCUT2D eigenvalue weighted by atomic mass is 10.2. The molecule has 0 unspecified atom stereocenters. The van der Waals surface area contributed by atoms with Crippen LogP contribution in [0.5, 0.6) is 0 Å². The van der Waals surface area contributed by atoms with Crippen molar-refractivity contribution in [2.45, 2.75) is 6.54 Å². The van der Waals surface area contributed by atoms with Gasteiger partial charge in [-0.3, -0.25) is 5.10 Å². The van der Waals surface area contributed by atoms with Gasteiger partial charge in [-0.2, -0.15) is 14.9 Å². The SMILES string of the molecule is Fc1ccc(Cn2cc(/C=N\n3cn[nH]c3=S)c3ccccc32)cc1. The van der Waals surface area contributed by atoms with Gasteiger partial charge in [0.2, 0.25) is 4.77 Å². The molecule has 2 aromatic carbocycles. The van der Waals surface area contributed by atoms with Crippen LogP contribution in [0.15, 0.2) is 66.2 Å². The molecule has 0 spiro atoms. The van der Waals surface area contributed by atoms with Crippen LogP contribution in [0.2, 0.25) is 0 Å². The predicted molar refractivity (Wildman–Crippen MR) is 97.8 cm³/mol. The first-order valence-electron chi connectivity index (χ1n) is 7.69. The molecule has 2 aromatic heterocycles. The number of H-pyrrole nitrogens is 1. The van der Waals surface area contributed by atoms with Gasteiger partial charge in [-0.15, -0.1) is 0 Å². The van der Waals surface area contributed by atoms with E-state index in [4.69, 9.17) is 12.2 Å². The zero-order valence-corrected chi connectivity index (χ0v) is 13.9. The molecule has 0 bridgehead atoms. The van der Waals surface area contributed by atoms with Crippen molar-refractivity contribution in [3.05, 3.63) is 82.8 Å². The molecular formula is C18H14FN5S. The number of aromatic amines is 1. The summed E-state index contributed by atoms with van der Waals surface area (Å²) in [6, 6.07) is 14.6. The van der Waals surface area contributed by atoms with E-state index in [-0.39, 0.29) is 5.82 Å². The predicted octanol–water partition coefficient (Wildman–Crippen LogP) is 3.96. The molecule has 5 nitrogen and oxygen atoms in total. The summed E-state index contributed by atoms with van der Waals surface area (Å²) >= 11 is 5.09. The summed E-state index contributed by atoms with van der Waals surface area (Å²) in [6.45, 7) is 0.653. The highest BCUT2D eigenvalue weighted by atomic mass is 32.1.